The molecular formula is C15H20N6O. The van der Waals surface area contributed by atoms with Crippen molar-refractivity contribution in [2.45, 2.75) is 44.2 Å². The number of rotatable bonds is 4. The number of nitrogens with zero attached hydrogens (tertiary/aromatic N) is 5. The molecule has 2 aromatic rings. The van der Waals surface area contributed by atoms with E-state index in [0.717, 1.165) is 36.3 Å². The van der Waals surface area contributed by atoms with Gasteiger partial charge >= 0.3 is 0 Å². The fourth-order valence-electron chi connectivity index (χ4n) is 2.98. The third-order valence-corrected chi connectivity index (χ3v) is 4.41. The highest BCUT2D eigenvalue weighted by atomic mass is 16.5. The van der Waals surface area contributed by atoms with Crippen molar-refractivity contribution in [3.8, 4) is 0 Å². The van der Waals surface area contributed by atoms with Crippen molar-refractivity contribution < 1.29 is 4.74 Å². The molecule has 1 N–H and O–H groups in total. The summed E-state index contributed by atoms with van der Waals surface area (Å²) >= 11 is 0. The summed E-state index contributed by atoms with van der Waals surface area (Å²) in [6.07, 6.45) is 5.22. The summed E-state index contributed by atoms with van der Waals surface area (Å²) in [5.74, 6) is 3.12. The molecule has 0 radical (unpaired) electrons. The zero-order chi connectivity index (χ0) is 15.1. The van der Waals surface area contributed by atoms with Crippen LogP contribution in [0.15, 0.2) is 12.3 Å². The molecule has 0 aromatic carbocycles. The number of hydrogen-bond acceptors (Lipinski definition) is 6. The van der Waals surface area contributed by atoms with E-state index in [1.54, 1.807) is 13.3 Å². The van der Waals surface area contributed by atoms with E-state index in [1.807, 2.05) is 13.0 Å². The van der Waals surface area contributed by atoms with E-state index >= 15 is 0 Å². The fraction of sp³-hybridized carbons (Fsp3) is 0.600. The molecule has 7 nitrogen and oxygen atoms in total. The molecule has 2 aliphatic rings. The highest BCUT2D eigenvalue weighted by molar-refractivity contribution is 5.36. The molecule has 3 heterocycles. The molecule has 0 amide bonds. The van der Waals surface area contributed by atoms with E-state index in [4.69, 9.17) is 9.72 Å². The first-order valence-electron chi connectivity index (χ1n) is 7.76. The average Bonchev–Trinajstić information content (AvgIpc) is 3.11. The summed E-state index contributed by atoms with van der Waals surface area (Å²) in [5, 5.41) is 7.49. The number of nitrogens with one attached hydrogen (secondary N) is 1. The third kappa shape index (κ3) is 2.45. The Kier molecular flexibility index (Phi) is 3.29. The number of H-pyrrole nitrogens is 1. The minimum absolute atomic E-state index is 0.0896. The van der Waals surface area contributed by atoms with E-state index < -0.39 is 0 Å². The van der Waals surface area contributed by atoms with Crippen LogP contribution in [0.1, 0.15) is 48.6 Å². The van der Waals surface area contributed by atoms with Crippen molar-refractivity contribution in [1.29, 1.82) is 0 Å². The van der Waals surface area contributed by atoms with Crippen molar-refractivity contribution in [2.24, 2.45) is 0 Å². The van der Waals surface area contributed by atoms with Gasteiger partial charge in [-0.3, -0.25) is 5.10 Å². The van der Waals surface area contributed by atoms with Gasteiger partial charge in [0.05, 0.1) is 12.1 Å². The van der Waals surface area contributed by atoms with Gasteiger partial charge in [0.2, 0.25) is 5.95 Å². The quantitative estimate of drug-likeness (QED) is 0.926. The topological polar surface area (TPSA) is 79.8 Å². The molecule has 2 atom stereocenters. The highest BCUT2D eigenvalue weighted by Crippen LogP contribution is 2.39. The highest BCUT2D eigenvalue weighted by Gasteiger charge is 2.38. The van der Waals surface area contributed by atoms with E-state index in [9.17, 15) is 0 Å². The maximum Gasteiger partial charge on any atom is 0.226 e. The molecule has 2 aromatic heterocycles. The zero-order valence-electron chi connectivity index (χ0n) is 12.9. The van der Waals surface area contributed by atoms with Gasteiger partial charge in [-0.2, -0.15) is 5.10 Å². The van der Waals surface area contributed by atoms with Crippen LogP contribution in [0.5, 0.6) is 0 Å². The largest absolute Gasteiger partial charge is 0.380 e. The predicted octanol–water partition coefficient (Wildman–Crippen LogP) is 1.75. The second-order valence-corrected chi connectivity index (χ2v) is 6.11. The number of hydrogen-bond donors (Lipinski definition) is 1. The van der Waals surface area contributed by atoms with E-state index in [-0.39, 0.29) is 12.1 Å². The van der Waals surface area contributed by atoms with E-state index in [1.165, 1.54) is 12.8 Å². The summed E-state index contributed by atoms with van der Waals surface area (Å²) in [7, 11) is 1.75. The van der Waals surface area contributed by atoms with Gasteiger partial charge in [0, 0.05) is 37.9 Å². The van der Waals surface area contributed by atoms with Crippen LogP contribution < -0.4 is 4.90 Å². The molecule has 1 aliphatic carbocycles. The van der Waals surface area contributed by atoms with Gasteiger partial charge in [-0.15, -0.1) is 0 Å². The summed E-state index contributed by atoms with van der Waals surface area (Å²) < 4.78 is 5.55. The smallest absolute Gasteiger partial charge is 0.226 e. The van der Waals surface area contributed by atoms with Crippen LogP contribution in [-0.2, 0) is 4.74 Å². The Balaban J connectivity index is 1.64. The van der Waals surface area contributed by atoms with E-state index in [0.29, 0.717) is 5.92 Å². The molecule has 7 heteroatoms. The second-order valence-electron chi connectivity index (χ2n) is 6.11. The number of aryl methyl sites for hydroxylation is 1. The van der Waals surface area contributed by atoms with E-state index in [2.05, 4.69) is 25.1 Å². The zero-order valence-corrected chi connectivity index (χ0v) is 12.9. The van der Waals surface area contributed by atoms with Gasteiger partial charge in [0.15, 0.2) is 5.82 Å². The maximum atomic E-state index is 5.55. The number of methoxy groups -OCH3 is 1. The van der Waals surface area contributed by atoms with Crippen molar-refractivity contribution in [2.75, 3.05) is 18.6 Å². The van der Waals surface area contributed by atoms with Crippen LogP contribution in [0, 0.1) is 6.92 Å². The maximum absolute atomic E-state index is 5.55. The van der Waals surface area contributed by atoms with Crippen molar-refractivity contribution >= 4 is 5.95 Å². The van der Waals surface area contributed by atoms with Gasteiger partial charge in [0.25, 0.3) is 0 Å². The van der Waals surface area contributed by atoms with Crippen LogP contribution in [0.4, 0.5) is 5.95 Å². The van der Waals surface area contributed by atoms with Crippen molar-refractivity contribution in [3.05, 3.63) is 29.6 Å². The Morgan fingerprint density at radius 2 is 2.18 bits per heavy atom. The first-order valence-corrected chi connectivity index (χ1v) is 7.76. The number of aromatic amines is 1. The lowest BCUT2D eigenvalue weighted by Gasteiger charge is -2.22. The molecule has 1 aliphatic heterocycles. The molecule has 1 saturated carbocycles. The van der Waals surface area contributed by atoms with Gasteiger partial charge in [-0.05, 0) is 25.8 Å². The monoisotopic (exact) mass is 300 g/mol. The Morgan fingerprint density at radius 3 is 2.91 bits per heavy atom. The van der Waals surface area contributed by atoms with Crippen LogP contribution in [0.25, 0.3) is 0 Å². The predicted molar refractivity (Wildman–Crippen MR) is 80.6 cm³/mol. The van der Waals surface area contributed by atoms with Crippen LogP contribution in [-0.4, -0.2) is 44.9 Å². The molecule has 4 rings (SSSR count). The summed E-state index contributed by atoms with van der Waals surface area (Å²) in [6.45, 7) is 2.74. The molecule has 0 spiro atoms. The van der Waals surface area contributed by atoms with Crippen molar-refractivity contribution in [3.63, 3.8) is 0 Å². The Labute approximate surface area is 129 Å². The lowest BCUT2D eigenvalue weighted by molar-refractivity contribution is 0.118. The molecule has 0 unspecified atom stereocenters. The van der Waals surface area contributed by atoms with Gasteiger partial charge in [-0.25, -0.2) is 15.0 Å². The Bertz CT molecular complexity index is 668. The standard InChI is InChI=1S/C15H20N6O/c1-9-5-6-16-15(17-9)21-8-11(22-2)7-12(21)14-18-13(19-20-14)10-3-4-10/h5-6,10-12H,3-4,7-8H2,1-2H3,(H,18,19,20)/t11-,12+/m1/s1. The summed E-state index contributed by atoms with van der Waals surface area (Å²) in [4.78, 5) is 15.8. The van der Waals surface area contributed by atoms with Crippen molar-refractivity contribution in [1.82, 2.24) is 25.1 Å². The number of ether oxygens (including phenoxy) is 1. The number of anilines is 1. The number of aromatic nitrogens is 5. The Morgan fingerprint density at radius 1 is 1.32 bits per heavy atom. The first kappa shape index (κ1) is 13.6. The normalized spacial score (nSPS) is 24.9. The van der Waals surface area contributed by atoms with Gasteiger partial charge in [-0.1, -0.05) is 0 Å². The fourth-order valence-corrected chi connectivity index (χ4v) is 2.98. The third-order valence-electron chi connectivity index (χ3n) is 4.41. The van der Waals surface area contributed by atoms with Gasteiger partial charge in [0.1, 0.15) is 5.82 Å². The van der Waals surface area contributed by atoms with Crippen LogP contribution in [0.2, 0.25) is 0 Å². The minimum Gasteiger partial charge on any atom is -0.380 e. The minimum atomic E-state index is 0.0896. The average molecular weight is 300 g/mol. The molecule has 116 valence electrons. The van der Waals surface area contributed by atoms with Crippen LogP contribution in [0.3, 0.4) is 0 Å². The lowest BCUT2D eigenvalue weighted by Crippen LogP contribution is -2.27. The molecular weight excluding hydrogens is 280 g/mol. The SMILES string of the molecule is CO[C@@H]1C[C@@H](c2nc(C3CC3)n[nH]2)N(c2nccc(C)n2)C1. The Hall–Kier alpha value is -2.02. The molecule has 1 saturated heterocycles. The molecule has 0 bridgehead atoms. The first-order chi connectivity index (χ1) is 10.7. The lowest BCUT2D eigenvalue weighted by atomic mass is 10.2. The summed E-state index contributed by atoms with van der Waals surface area (Å²) in [5.41, 5.74) is 0.959. The van der Waals surface area contributed by atoms with Crippen LogP contribution >= 0.6 is 0 Å². The van der Waals surface area contributed by atoms with Gasteiger partial charge < -0.3 is 9.64 Å². The molecule has 2 fully saturated rings. The summed E-state index contributed by atoms with van der Waals surface area (Å²) in [6, 6.07) is 1.99. The second kappa shape index (κ2) is 5.31. The molecule has 22 heavy (non-hydrogen) atoms.